The molecule has 5 rings (SSSR count). The minimum atomic E-state index is -0.858. The smallest absolute Gasteiger partial charge is 0.304 e. The van der Waals surface area contributed by atoms with Crippen molar-refractivity contribution < 1.29 is 14.6 Å². The number of carboxylic acid groups (broad SMARTS) is 1. The van der Waals surface area contributed by atoms with Gasteiger partial charge in [0.25, 0.3) is 0 Å². The number of carbonyl (C=O) groups is 1. The highest BCUT2D eigenvalue weighted by atomic mass is 16.5. The van der Waals surface area contributed by atoms with Crippen molar-refractivity contribution in [2.45, 2.75) is 38.3 Å². The van der Waals surface area contributed by atoms with Crippen molar-refractivity contribution in [3.05, 3.63) is 71.7 Å². The normalized spacial score (nSPS) is 15.6. The number of aromatic nitrogens is 6. The first-order valence-corrected chi connectivity index (χ1v) is 12.3. The number of rotatable bonds is 9. The van der Waals surface area contributed by atoms with Crippen molar-refractivity contribution in [1.29, 1.82) is 5.26 Å². The quantitative estimate of drug-likeness (QED) is 0.342. The monoisotopic (exact) mass is 510 g/mol. The molecule has 1 aromatic carbocycles. The van der Waals surface area contributed by atoms with Crippen LogP contribution in [0, 0.1) is 11.3 Å². The van der Waals surface area contributed by atoms with E-state index in [0.29, 0.717) is 48.4 Å². The van der Waals surface area contributed by atoms with Crippen LogP contribution in [-0.4, -0.2) is 60.3 Å². The Morgan fingerprint density at radius 3 is 2.82 bits per heavy atom. The highest BCUT2D eigenvalue weighted by Crippen LogP contribution is 2.26. The molecule has 3 aromatic heterocycles. The van der Waals surface area contributed by atoms with E-state index >= 15 is 0 Å². The highest BCUT2D eigenvalue weighted by Gasteiger charge is 2.19. The van der Waals surface area contributed by atoms with E-state index in [0.717, 1.165) is 23.4 Å². The molecular formula is C27H26N8O3. The van der Waals surface area contributed by atoms with Gasteiger partial charge in [0.1, 0.15) is 5.69 Å². The Balaban J connectivity index is 1.43. The largest absolute Gasteiger partial charge is 0.481 e. The number of carboxylic acids is 1. The summed E-state index contributed by atoms with van der Waals surface area (Å²) in [6, 6.07) is 16.9. The van der Waals surface area contributed by atoms with Crippen LogP contribution in [0.1, 0.15) is 42.6 Å². The number of aliphatic carboxylic acids is 1. The number of nitrogens with one attached hydrogen (secondary N) is 1. The minimum Gasteiger partial charge on any atom is -0.481 e. The summed E-state index contributed by atoms with van der Waals surface area (Å²) in [4.78, 5) is 25.1. The lowest BCUT2D eigenvalue weighted by Crippen LogP contribution is -2.20. The molecular weight excluding hydrogens is 484 g/mol. The van der Waals surface area contributed by atoms with Crippen LogP contribution in [0.15, 0.2) is 54.7 Å². The summed E-state index contributed by atoms with van der Waals surface area (Å²) in [6.07, 6.45) is 2.66. The first-order valence-electron chi connectivity index (χ1n) is 12.3. The third-order valence-corrected chi connectivity index (χ3v) is 6.22. The van der Waals surface area contributed by atoms with Crippen molar-refractivity contribution in [3.63, 3.8) is 0 Å². The molecule has 0 bridgehead atoms. The number of pyridine rings is 1. The molecule has 4 heterocycles. The molecule has 0 saturated carbocycles. The molecule has 0 radical (unpaired) electrons. The topological polar surface area (TPSA) is 152 Å². The summed E-state index contributed by atoms with van der Waals surface area (Å²) in [5.74, 6) is -0.607. The van der Waals surface area contributed by atoms with E-state index < -0.39 is 5.97 Å². The maximum Gasteiger partial charge on any atom is 0.304 e. The lowest BCUT2D eigenvalue weighted by molar-refractivity contribution is -0.137. The fourth-order valence-electron chi connectivity index (χ4n) is 4.26. The summed E-state index contributed by atoms with van der Waals surface area (Å²) in [6.45, 7) is 3.48. The number of hydrogen-bond acceptors (Lipinski definition) is 9. The molecule has 11 nitrogen and oxygen atoms in total. The number of benzene rings is 1. The molecule has 1 fully saturated rings. The zero-order valence-electron chi connectivity index (χ0n) is 20.8. The average Bonchev–Trinajstić information content (AvgIpc) is 3.61. The standard InChI is InChI=1S/C27H26N8O3/c1-17(10-26(36)37)22-7-3-6-20(29-22)14-35-15-25(33-34-35)24-12-23(19-5-2-4-18(11-19)13-28)31-27(32-24)30-21-8-9-38-16-21/h2-7,11-12,15,17,21H,8-10,14,16H2,1H3,(H,36,37)(H,30,31,32). The third kappa shape index (κ3) is 5.99. The van der Waals surface area contributed by atoms with Crippen LogP contribution in [0.5, 0.6) is 0 Å². The number of nitrogens with zero attached hydrogens (tertiary/aromatic N) is 7. The second-order valence-corrected chi connectivity index (χ2v) is 9.21. The fraction of sp³-hybridized carbons (Fsp3) is 0.296. The molecule has 1 aliphatic heterocycles. The zero-order chi connectivity index (χ0) is 26.5. The van der Waals surface area contributed by atoms with Gasteiger partial charge in [-0.25, -0.2) is 14.6 Å². The summed E-state index contributed by atoms with van der Waals surface area (Å²) < 4.78 is 7.14. The van der Waals surface area contributed by atoms with Crippen molar-refractivity contribution >= 4 is 11.9 Å². The molecule has 0 spiro atoms. The van der Waals surface area contributed by atoms with Gasteiger partial charge in [0.2, 0.25) is 5.95 Å². The molecule has 1 aliphatic rings. The van der Waals surface area contributed by atoms with Crippen molar-refractivity contribution in [2.75, 3.05) is 18.5 Å². The van der Waals surface area contributed by atoms with Gasteiger partial charge in [0, 0.05) is 23.8 Å². The minimum absolute atomic E-state index is 0.0145. The predicted octanol–water partition coefficient (Wildman–Crippen LogP) is 3.50. The first-order chi connectivity index (χ1) is 18.5. The van der Waals surface area contributed by atoms with Gasteiger partial charge >= 0.3 is 5.97 Å². The Hall–Kier alpha value is -4.69. The highest BCUT2D eigenvalue weighted by molar-refractivity contribution is 5.69. The Bertz CT molecular complexity index is 1490. The van der Waals surface area contributed by atoms with Gasteiger partial charge in [-0.2, -0.15) is 5.26 Å². The molecule has 4 aromatic rings. The summed E-state index contributed by atoms with van der Waals surface area (Å²) in [7, 11) is 0. The predicted molar refractivity (Wildman–Crippen MR) is 138 cm³/mol. The number of hydrogen-bond donors (Lipinski definition) is 2. The van der Waals surface area contributed by atoms with Gasteiger partial charge in [0.15, 0.2) is 0 Å². The van der Waals surface area contributed by atoms with E-state index in [-0.39, 0.29) is 18.4 Å². The number of anilines is 1. The van der Waals surface area contributed by atoms with Crippen LogP contribution in [0.4, 0.5) is 5.95 Å². The molecule has 38 heavy (non-hydrogen) atoms. The Morgan fingerprint density at radius 1 is 1.18 bits per heavy atom. The van der Waals surface area contributed by atoms with Gasteiger partial charge in [-0.15, -0.1) is 5.10 Å². The zero-order valence-corrected chi connectivity index (χ0v) is 20.8. The summed E-state index contributed by atoms with van der Waals surface area (Å²) in [5.41, 5.74) is 4.60. The molecule has 0 amide bonds. The van der Waals surface area contributed by atoms with E-state index in [9.17, 15) is 10.1 Å². The molecule has 192 valence electrons. The van der Waals surface area contributed by atoms with Crippen LogP contribution in [0.3, 0.4) is 0 Å². The lowest BCUT2D eigenvalue weighted by atomic mass is 10.0. The van der Waals surface area contributed by atoms with E-state index in [1.807, 2.05) is 43.3 Å². The number of nitriles is 1. The van der Waals surface area contributed by atoms with Crippen LogP contribution in [0.25, 0.3) is 22.6 Å². The second kappa shape index (κ2) is 11.1. The second-order valence-electron chi connectivity index (χ2n) is 9.21. The SMILES string of the molecule is CC(CC(=O)O)c1cccc(Cn2cc(-c3cc(-c4cccc(C#N)c4)nc(NC4CCOC4)n3)nn2)n1. The lowest BCUT2D eigenvalue weighted by Gasteiger charge is -2.13. The Kier molecular flexibility index (Phi) is 7.33. The average molecular weight is 511 g/mol. The number of ether oxygens (including phenoxy) is 1. The van der Waals surface area contributed by atoms with Crippen molar-refractivity contribution in [3.8, 4) is 28.7 Å². The Labute approximate surface area is 219 Å². The molecule has 1 saturated heterocycles. The van der Waals surface area contributed by atoms with Crippen LogP contribution < -0.4 is 5.32 Å². The van der Waals surface area contributed by atoms with Crippen LogP contribution in [0.2, 0.25) is 0 Å². The van der Waals surface area contributed by atoms with Gasteiger partial charge in [-0.05, 0) is 36.8 Å². The molecule has 2 N–H and O–H groups in total. The van der Waals surface area contributed by atoms with Gasteiger partial charge in [-0.3, -0.25) is 9.78 Å². The summed E-state index contributed by atoms with van der Waals surface area (Å²) >= 11 is 0. The van der Waals surface area contributed by atoms with E-state index in [1.165, 1.54) is 0 Å². The van der Waals surface area contributed by atoms with Gasteiger partial charge < -0.3 is 15.2 Å². The van der Waals surface area contributed by atoms with E-state index in [1.54, 1.807) is 23.0 Å². The Morgan fingerprint density at radius 2 is 2.03 bits per heavy atom. The maximum absolute atomic E-state index is 11.1. The van der Waals surface area contributed by atoms with Crippen LogP contribution >= 0.6 is 0 Å². The van der Waals surface area contributed by atoms with E-state index in [4.69, 9.17) is 19.8 Å². The van der Waals surface area contributed by atoms with Crippen LogP contribution in [-0.2, 0) is 16.1 Å². The van der Waals surface area contributed by atoms with Gasteiger partial charge in [-0.1, -0.05) is 30.3 Å². The van der Waals surface area contributed by atoms with Crippen molar-refractivity contribution in [1.82, 2.24) is 29.9 Å². The summed E-state index contributed by atoms with van der Waals surface area (Å²) in [5, 5.41) is 30.4. The third-order valence-electron chi connectivity index (χ3n) is 6.22. The maximum atomic E-state index is 11.1. The molecule has 2 unspecified atom stereocenters. The van der Waals surface area contributed by atoms with Crippen molar-refractivity contribution in [2.24, 2.45) is 0 Å². The van der Waals surface area contributed by atoms with E-state index in [2.05, 4.69) is 26.7 Å². The first kappa shape index (κ1) is 25.0. The molecule has 0 aliphatic carbocycles. The van der Waals surface area contributed by atoms with Gasteiger partial charge in [0.05, 0.1) is 60.5 Å². The molecule has 11 heteroatoms. The fourth-order valence-corrected chi connectivity index (χ4v) is 4.26. The molecule has 2 atom stereocenters.